The number of nitrogens with one attached hydrogen (secondary N) is 2. The Morgan fingerprint density at radius 1 is 1.27 bits per heavy atom. The molecule has 140 valence electrons. The Balaban J connectivity index is 0.00000243. The highest BCUT2D eigenvalue weighted by atomic mass is 127. The Kier molecular flexibility index (Phi) is 7.07. The first-order chi connectivity index (χ1) is 12.1. The standard InChI is InChI=1S/C19H25N5O.HI/c1-5-20-19(22-15(4)17-10-9-14(3)25-17)21-11-16-12-24-13(2)7-6-8-18(24)23-16;/h6-10,12,15H,5,11H2,1-4H3,(H2,20,21,22);1H. The number of hydrogen-bond donors (Lipinski definition) is 2. The second-order valence-electron chi connectivity index (χ2n) is 6.14. The number of furan rings is 1. The maximum absolute atomic E-state index is 5.68. The maximum atomic E-state index is 5.68. The molecule has 0 aliphatic carbocycles. The fraction of sp³-hybridized carbons (Fsp3) is 0.368. The van der Waals surface area contributed by atoms with Crippen LogP contribution in [-0.4, -0.2) is 21.9 Å². The SMILES string of the molecule is CCNC(=NCc1cn2c(C)cccc2n1)NC(C)c1ccc(C)o1.I. The van der Waals surface area contributed by atoms with Crippen LogP contribution in [0, 0.1) is 13.8 Å². The number of guanidine groups is 1. The molecule has 0 fully saturated rings. The lowest BCUT2D eigenvalue weighted by Crippen LogP contribution is -2.38. The van der Waals surface area contributed by atoms with Gasteiger partial charge in [0.05, 0.1) is 18.3 Å². The monoisotopic (exact) mass is 467 g/mol. The molecule has 7 heteroatoms. The molecule has 1 unspecified atom stereocenters. The first-order valence-corrected chi connectivity index (χ1v) is 8.61. The second kappa shape index (κ2) is 9.07. The first kappa shape index (κ1) is 20.3. The van der Waals surface area contributed by atoms with Crippen molar-refractivity contribution in [3.05, 3.63) is 59.4 Å². The Bertz CT molecular complexity index is 883. The summed E-state index contributed by atoms with van der Waals surface area (Å²) in [5, 5.41) is 6.64. The molecule has 0 bridgehead atoms. The zero-order chi connectivity index (χ0) is 17.8. The fourth-order valence-corrected chi connectivity index (χ4v) is 2.72. The normalized spacial score (nSPS) is 12.7. The molecule has 0 aliphatic rings. The van der Waals surface area contributed by atoms with Crippen molar-refractivity contribution in [1.82, 2.24) is 20.0 Å². The van der Waals surface area contributed by atoms with E-state index in [0.717, 1.165) is 41.1 Å². The van der Waals surface area contributed by atoms with E-state index in [4.69, 9.17) is 4.42 Å². The Morgan fingerprint density at radius 2 is 2.08 bits per heavy atom. The van der Waals surface area contributed by atoms with E-state index >= 15 is 0 Å². The van der Waals surface area contributed by atoms with Gasteiger partial charge in [-0.25, -0.2) is 9.98 Å². The number of aromatic nitrogens is 2. The smallest absolute Gasteiger partial charge is 0.192 e. The van der Waals surface area contributed by atoms with E-state index in [1.807, 2.05) is 44.3 Å². The fourth-order valence-electron chi connectivity index (χ4n) is 2.72. The van der Waals surface area contributed by atoms with Crippen LogP contribution in [0.5, 0.6) is 0 Å². The van der Waals surface area contributed by atoms with Crippen LogP contribution in [0.1, 0.15) is 42.8 Å². The summed E-state index contributed by atoms with van der Waals surface area (Å²) in [4.78, 5) is 9.29. The van der Waals surface area contributed by atoms with Gasteiger partial charge in [0.2, 0.25) is 0 Å². The van der Waals surface area contributed by atoms with Gasteiger partial charge in [-0.05, 0) is 52.0 Å². The summed E-state index contributed by atoms with van der Waals surface area (Å²) in [6.07, 6.45) is 2.04. The average Bonchev–Trinajstić information content (AvgIpc) is 3.19. The lowest BCUT2D eigenvalue weighted by atomic mass is 10.2. The van der Waals surface area contributed by atoms with Gasteiger partial charge in [-0.1, -0.05) is 6.07 Å². The number of fused-ring (bicyclic) bond motifs is 1. The molecule has 26 heavy (non-hydrogen) atoms. The van der Waals surface area contributed by atoms with Crippen LogP contribution in [-0.2, 0) is 6.54 Å². The molecule has 2 N–H and O–H groups in total. The van der Waals surface area contributed by atoms with Crippen molar-refractivity contribution in [2.24, 2.45) is 4.99 Å². The highest BCUT2D eigenvalue weighted by molar-refractivity contribution is 14.0. The summed E-state index contributed by atoms with van der Waals surface area (Å²) in [5.41, 5.74) is 3.04. The van der Waals surface area contributed by atoms with Gasteiger partial charge in [0, 0.05) is 18.4 Å². The van der Waals surface area contributed by atoms with Gasteiger partial charge < -0.3 is 19.5 Å². The van der Waals surface area contributed by atoms with Crippen molar-refractivity contribution in [2.45, 2.75) is 40.3 Å². The molecule has 0 spiro atoms. The summed E-state index contributed by atoms with van der Waals surface area (Å²) >= 11 is 0. The topological polar surface area (TPSA) is 66.9 Å². The quantitative estimate of drug-likeness (QED) is 0.339. The van der Waals surface area contributed by atoms with Gasteiger partial charge in [-0.2, -0.15) is 0 Å². The molecule has 3 aromatic heterocycles. The van der Waals surface area contributed by atoms with Crippen LogP contribution in [0.4, 0.5) is 0 Å². The lowest BCUT2D eigenvalue weighted by molar-refractivity contribution is 0.441. The highest BCUT2D eigenvalue weighted by Crippen LogP contribution is 2.15. The molecule has 1 atom stereocenters. The molecule has 3 rings (SSSR count). The summed E-state index contributed by atoms with van der Waals surface area (Å²) in [7, 11) is 0. The van der Waals surface area contributed by atoms with Crippen molar-refractivity contribution in [3.63, 3.8) is 0 Å². The number of pyridine rings is 1. The van der Waals surface area contributed by atoms with Crippen LogP contribution in [0.25, 0.3) is 5.65 Å². The molecule has 0 radical (unpaired) electrons. The molecule has 0 amide bonds. The van der Waals surface area contributed by atoms with Crippen molar-refractivity contribution in [3.8, 4) is 0 Å². The van der Waals surface area contributed by atoms with Gasteiger partial charge >= 0.3 is 0 Å². The van der Waals surface area contributed by atoms with E-state index in [1.54, 1.807) is 0 Å². The molecule has 0 saturated heterocycles. The van der Waals surface area contributed by atoms with Crippen LogP contribution in [0.2, 0.25) is 0 Å². The van der Waals surface area contributed by atoms with Crippen LogP contribution in [0.3, 0.4) is 0 Å². The van der Waals surface area contributed by atoms with Crippen molar-refractivity contribution >= 4 is 35.6 Å². The number of rotatable bonds is 5. The van der Waals surface area contributed by atoms with E-state index in [1.165, 1.54) is 0 Å². The minimum absolute atomic E-state index is 0. The molecule has 0 saturated carbocycles. The van der Waals surface area contributed by atoms with E-state index in [9.17, 15) is 0 Å². The Labute approximate surface area is 171 Å². The molecule has 3 aromatic rings. The summed E-state index contributed by atoms with van der Waals surface area (Å²) in [6, 6.07) is 10.1. The summed E-state index contributed by atoms with van der Waals surface area (Å²) < 4.78 is 7.76. The number of hydrogen-bond acceptors (Lipinski definition) is 3. The Morgan fingerprint density at radius 3 is 2.73 bits per heavy atom. The first-order valence-electron chi connectivity index (χ1n) is 8.61. The largest absolute Gasteiger partial charge is 0.464 e. The lowest BCUT2D eigenvalue weighted by Gasteiger charge is -2.15. The molecule has 3 heterocycles. The van der Waals surface area contributed by atoms with Gasteiger partial charge in [0.1, 0.15) is 17.2 Å². The highest BCUT2D eigenvalue weighted by Gasteiger charge is 2.11. The van der Waals surface area contributed by atoms with Gasteiger partial charge in [-0.15, -0.1) is 24.0 Å². The zero-order valence-electron chi connectivity index (χ0n) is 15.6. The van der Waals surface area contributed by atoms with Crippen LogP contribution < -0.4 is 10.6 Å². The molecular weight excluding hydrogens is 441 g/mol. The second-order valence-corrected chi connectivity index (χ2v) is 6.14. The number of imidazole rings is 1. The number of nitrogens with zero attached hydrogens (tertiary/aromatic N) is 3. The van der Waals surface area contributed by atoms with E-state index in [-0.39, 0.29) is 30.0 Å². The van der Waals surface area contributed by atoms with E-state index in [0.29, 0.717) is 6.54 Å². The van der Waals surface area contributed by atoms with E-state index < -0.39 is 0 Å². The predicted octanol–water partition coefficient (Wildman–Crippen LogP) is 3.98. The minimum Gasteiger partial charge on any atom is -0.464 e. The predicted molar refractivity (Wildman–Crippen MR) is 115 cm³/mol. The van der Waals surface area contributed by atoms with Gasteiger partial charge in [0.15, 0.2) is 5.96 Å². The third kappa shape index (κ3) is 4.78. The van der Waals surface area contributed by atoms with Crippen LogP contribution >= 0.6 is 24.0 Å². The molecule has 0 aromatic carbocycles. The van der Waals surface area contributed by atoms with Crippen molar-refractivity contribution < 1.29 is 4.42 Å². The van der Waals surface area contributed by atoms with E-state index in [2.05, 4.69) is 44.9 Å². The van der Waals surface area contributed by atoms with Crippen molar-refractivity contribution in [2.75, 3.05) is 6.54 Å². The summed E-state index contributed by atoms with van der Waals surface area (Å²) in [5.74, 6) is 2.55. The number of aliphatic imine (C=N–C) groups is 1. The van der Waals surface area contributed by atoms with Gasteiger partial charge in [-0.3, -0.25) is 0 Å². The number of halogens is 1. The zero-order valence-corrected chi connectivity index (χ0v) is 17.9. The third-order valence-corrected chi connectivity index (χ3v) is 4.03. The minimum atomic E-state index is 0. The van der Waals surface area contributed by atoms with Crippen molar-refractivity contribution in [1.29, 1.82) is 0 Å². The number of aryl methyl sites for hydroxylation is 2. The Hall–Kier alpha value is -2.03. The molecule has 6 nitrogen and oxygen atoms in total. The molecular formula is C19H26IN5O. The average molecular weight is 467 g/mol. The van der Waals surface area contributed by atoms with Crippen LogP contribution in [0.15, 0.2) is 45.9 Å². The summed E-state index contributed by atoms with van der Waals surface area (Å²) in [6.45, 7) is 9.42. The molecule has 0 aliphatic heterocycles. The van der Waals surface area contributed by atoms with Gasteiger partial charge in [0.25, 0.3) is 0 Å². The third-order valence-electron chi connectivity index (χ3n) is 4.03. The maximum Gasteiger partial charge on any atom is 0.192 e.